The van der Waals surface area contributed by atoms with E-state index in [4.69, 9.17) is 0 Å². The van der Waals surface area contributed by atoms with Crippen molar-refractivity contribution in [2.75, 3.05) is 39.8 Å². The van der Waals surface area contributed by atoms with Gasteiger partial charge in [-0.25, -0.2) is 4.79 Å². The molecular formula is C13H27N3O. The molecule has 0 spiro atoms. The third kappa shape index (κ3) is 4.19. The van der Waals surface area contributed by atoms with Crippen molar-refractivity contribution in [3.63, 3.8) is 0 Å². The number of hydrogen-bond acceptors (Lipinski definition) is 2. The van der Waals surface area contributed by atoms with Crippen molar-refractivity contribution >= 4 is 6.03 Å². The van der Waals surface area contributed by atoms with Gasteiger partial charge in [0.1, 0.15) is 0 Å². The minimum absolute atomic E-state index is 0.183. The van der Waals surface area contributed by atoms with Crippen molar-refractivity contribution < 1.29 is 4.79 Å². The Hall–Kier alpha value is -0.770. The summed E-state index contributed by atoms with van der Waals surface area (Å²) in [6.45, 7) is 13.3. The van der Waals surface area contributed by atoms with Gasteiger partial charge in [0.05, 0.1) is 0 Å². The Balaban J connectivity index is 2.40. The molecule has 1 aliphatic rings. The van der Waals surface area contributed by atoms with Gasteiger partial charge in [0.2, 0.25) is 0 Å². The van der Waals surface area contributed by atoms with Crippen LogP contribution in [0.4, 0.5) is 4.79 Å². The van der Waals surface area contributed by atoms with Gasteiger partial charge in [0.25, 0.3) is 0 Å². The SMILES string of the molecule is CC(C)CN(C)C(=O)N1CCN(C(C)C)CC1. The standard InChI is InChI=1S/C13H27N3O/c1-11(2)10-14(5)13(17)16-8-6-15(7-9-16)12(3)4/h11-12H,6-10H2,1-5H3. The minimum Gasteiger partial charge on any atom is -0.327 e. The lowest BCUT2D eigenvalue weighted by Gasteiger charge is -2.38. The van der Waals surface area contributed by atoms with Crippen LogP contribution >= 0.6 is 0 Å². The van der Waals surface area contributed by atoms with Crippen LogP contribution in [0.15, 0.2) is 0 Å². The first-order valence-electron chi connectivity index (χ1n) is 6.66. The van der Waals surface area contributed by atoms with Gasteiger partial charge in [-0.2, -0.15) is 0 Å². The Kier molecular flexibility index (Phi) is 5.25. The minimum atomic E-state index is 0.183. The van der Waals surface area contributed by atoms with Crippen molar-refractivity contribution in [3.05, 3.63) is 0 Å². The fraction of sp³-hybridized carbons (Fsp3) is 0.923. The maximum Gasteiger partial charge on any atom is 0.319 e. The predicted molar refractivity (Wildman–Crippen MR) is 71.1 cm³/mol. The average Bonchev–Trinajstić information content (AvgIpc) is 2.27. The molecular weight excluding hydrogens is 214 g/mol. The van der Waals surface area contributed by atoms with Gasteiger partial charge >= 0.3 is 6.03 Å². The largest absolute Gasteiger partial charge is 0.327 e. The summed E-state index contributed by atoms with van der Waals surface area (Å²) in [5.74, 6) is 0.529. The van der Waals surface area contributed by atoms with E-state index in [1.807, 2.05) is 16.8 Å². The summed E-state index contributed by atoms with van der Waals surface area (Å²) < 4.78 is 0. The van der Waals surface area contributed by atoms with Crippen molar-refractivity contribution in [1.29, 1.82) is 0 Å². The summed E-state index contributed by atoms with van der Waals surface area (Å²) in [5, 5.41) is 0. The predicted octanol–water partition coefficient (Wildman–Crippen LogP) is 1.72. The van der Waals surface area contributed by atoms with E-state index in [1.54, 1.807) is 0 Å². The average molecular weight is 241 g/mol. The van der Waals surface area contributed by atoms with Crippen LogP contribution in [0.1, 0.15) is 27.7 Å². The topological polar surface area (TPSA) is 26.8 Å². The maximum atomic E-state index is 12.1. The van der Waals surface area contributed by atoms with Crippen LogP contribution in [-0.4, -0.2) is 66.5 Å². The van der Waals surface area contributed by atoms with Gasteiger partial charge in [0.15, 0.2) is 0 Å². The van der Waals surface area contributed by atoms with Crippen LogP contribution in [0.3, 0.4) is 0 Å². The molecule has 0 aromatic carbocycles. The molecule has 1 aliphatic heterocycles. The number of carbonyl (C=O) groups excluding carboxylic acids is 1. The van der Waals surface area contributed by atoms with Gasteiger partial charge in [-0.05, 0) is 19.8 Å². The Labute approximate surface area is 106 Å². The molecule has 0 radical (unpaired) electrons. The van der Waals surface area contributed by atoms with Gasteiger partial charge in [0, 0.05) is 45.8 Å². The lowest BCUT2D eigenvalue weighted by molar-refractivity contribution is 0.101. The molecule has 0 atom stereocenters. The number of urea groups is 1. The number of hydrogen-bond donors (Lipinski definition) is 0. The van der Waals surface area contributed by atoms with Gasteiger partial charge in [-0.1, -0.05) is 13.8 Å². The summed E-state index contributed by atoms with van der Waals surface area (Å²) in [5.41, 5.74) is 0. The molecule has 0 N–H and O–H groups in total. The van der Waals surface area contributed by atoms with Crippen molar-refractivity contribution in [1.82, 2.24) is 14.7 Å². The van der Waals surface area contributed by atoms with E-state index in [0.717, 1.165) is 32.7 Å². The third-order valence-electron chi connectivity index (χ3n) is 3.28. The van der Waals surface area contributed by atoms with Gasteiger partial charge < -0.3 is 9.80 Å². The Morgan fingerprint density at radius 3 is 2.06 bits per heavy atom. The van der Waals surface area contributed by atoms with E-state index in [2.05, 4.69) is 32.6 Å². The number of rotatable bonds is 3. The van der Waals surface area contributed by atoms with E-state index in [0.29, 0.717) is 12.0 Å². The first kappa shape index (κ1) is 14.3. The number of nitrogens with zero attached hydrogens (tertiary/aromatic N) is 3. The zero-order chi connectivity index (χ0) is 13.0. The van der Waals surface area contributed by atoms with Crippen molar-refractivity contribution in [2.45, 2.75) is 33.7 Å². The van der Waals surface area contributed by atoms with Crippen LogP contribution in [0.2, 0.25) is 0 Å². The van der Waals surface area contributed by atoms with E-state index in [9.17, 15) is 4.79 Å². The third-order valence-corrected chi connectivity index (χ3v) is 3.28. The zero-order valence-corrected chi connectivity index (χ0v) is 11.9. The highest BCUT2D eigenvalue weighted by Gasteiger charge is 2.24. The molecule has 0 saturated carbocycles. The highest BCUT2D eigenvalue weighted by molar-refractivity contribution is 5.74. The molecule has 4 heteroatoms. The summed E-state index contributed by atoms with van der Waals surface area (Å²) in [7, 11) is 1.90. The number of piperazine rings is 1. The first-order valence-corrected chi connectivity index (χ1v) is 6.66. The van der Waals surface area contributed by atoms with Crippen LogP contribution in [-0.2, 0) is 0 Å². The quantitative estimate of drug-likeness (QED) is 0.752. The Bertz CT molecular complexity index is 245. The highest BCUT2D eigenvalue weighted by atomic mass is 16.2. The molecule has 17 heavy (non-hydrogen) atoms. The van der Waals surface area contributed by atoms with Crippen molar-refractivity contribution in [2.24, 2.45) is 5.92 Å². The highest BCUT2D eigenvalue weighted by Crippen LogP contribution is 2.08. The summed E-state index contributed by atoms with van der Waals surface area (Å²) in [4.78, 5) is 18.4. The molecule has 0 aliphatic carbocycles. The molecule has 0 unspecified atom stereocenters. The summed E-state index contributed by atoms with van der Waals surface area (Å²) in [6, 6.07) is 0.766. The Morgan fingerprint density at radius 1 is 1.12 bits per heavy atom. The molecule has 4 nitrogen and oxygen atoms in total. The second kappa shape index (κ2) is 6.24. The molecule has 0 aromatic rings. The molecule has 1 heterocycles. The molecule has 2 amide bonds. The number of amides is 2. The van der Waals surface area contributed by atoms with Crippen LogP contribution in [0.25, 0.3) is 0 Å². The molecule has 1 rings (SSSR count). The molecule has 1 saturated heterocycles. The number of carbonyl (C=O) groups is 1. The fourth-order valence-corrected chi connectivity index (χ4v) is 2.30. The fourth-order valence-electron chi connectivity index (χ4n) is 2.30. The van der Waals surface area contributed by atoms with E-state index in [1.165, 1.54) is 0 Å². The molecule has 1 fully saturated rings. The smallest absolute Gasteiger partial charge is 0.319 e. The molecule has 100 valence electrons. The van der Waals surface area contributed by atoms with E-state index in [-0.39, 0.29) is 6.03 Å². The lowest BCUT2D eigenvalue weighted by atomic mass is 10.2. The van der Waals surface area contributed by atoms with E-state index < -0.39 is 0 Å². The van der Waals surface area contributed by atoms with Crippen molar-refractivity contribution in [3.8, 4) is 0 Å². The maximum absolute atomic E-state index is 12.1. The second-order valence-corrected chi connectivity index (χ2v) is 5.67. The summed E-state index contributed by atoms with van der Waals surface area (Å²) >= 11 is 0. The van der Waals surface area contributed by atoms with Crippen LogP contribution < -0.4 is 0 Å². The Morgan fingerprint density at radius 2 is 1.65 bits per heavy atom. The van der Waals surface area contributed by atoms with Crippen LogP contribution in [0, 0.1) is 5.92 Å². The van der Waals surface area contributed by atoms with Gasteiger partial charge in [-0.3, -0.25) is 4.90 Å². The summed E-state index contributed by atoms with van der Waals surface area (Å²) in [6.07, 6.45) is 0. The molecule has 0 aromatic heterocycles. The normalized spacial score (nSPS) is 17.9. The first-order chi connectivity index (χ1) is 7.91. The second-order valence-electron chi connectivity index (χ2n) is 5.67. The monoisotopic (exact) mass is 241 g/mol. The lowest BCUT2D eigenvalue weighted by Crippen LogP contribution is -2.53. The van der Waals surface area contributed by atoms with E-state index >= 15 is 0 Å². The molecule has 0 bridgehead atoms. The zero-order valence-electron chi connectivity index (χ0n) is 11.9. The van der Waals surface area contributed by atoms with Gasteiger partial charge in [-0.15, -0.1) is 0 Å². The van der Waals surface area contributed by atoms with Crippen LogP contribution in [0.5, 0.6) is 0 Å².